The minimum absolute atomic E-state index is 0.170. The fourth-order valence-electron chi connectivity index (χ4n) is 2.25. The first-order valence-corrected chi connectivity index (χ1v) is 6.86. The molecule has 0 aliphatic heterocycles. The molecular formula is C13H18O3S. The maximum atomic E-state index is 11.3. The summed E-state index contributed by atoms with van der Waals surface area (Å²) in [5.74, 6) is -0.170. The van der Waals surface area contributed by atoms with E-state index in [2.05, 4.69) is 6.07 Å². The van der Waals surface area contributed by atoms with Crippen LogP contribution in [0.3, 0.4) is 0 Å². The summed E-state index contributed by atoms with van der Waals surface area (Å²) >= 11 is 1.73. The van der Waals surface area contributed by atoms with Gasteiger partial charge in [-0.25, -0.2) is 0 Å². The molecule has 0 spiro atoms. The molecule has 0 aromatic carbocycles. The Kier molecular flexibility index (Phi) is 4.18. The van der Waals surface area contributed by atoms with Crippen molar-refractivity contribution >= 4 is 17.3 Å². The number of rotatable bonds is 4. The summed E-state index contributed by atoms with van der Waals surface area (Å²) < 4.78 is 10.4. The van der Waals surface area contributed by atoms with Crippen molar-refractivity contribution in [1.29, 1.82) is 0 Å². The van der Waals surface area contributed by atoms with Crippen molar-refractivity contribution in [2.45, 2.75) is 38.7 Å². The molecule has 17 heavy (non-hydrogen) atoms. The Morgan fingerprint density at radius 2 is 2.41 bits per heavy atom. The van der Waals surface area contributed by atoms with E-state index in [1.54, 1.807) is 11.3 Å². The third-order valence-corrected chi connectivity index (χ3v) is 4.23. The SMILES string of the molecule is CCOC1CCCc2sc(CC(=O)OC)cc21. The summed E-state index contributed by atoms with van der Waals surface area (Å²) in [6, 6.07) is 2.12. The Morgan fingerprint density at radius 3 is 3.12 bits per heavy atom. The fraction of sp³-hybridized carbons (Fsp3) is 0.615. The average Bonchev–Trinajstić information content (AvgIpc) is 2.72. The lowest BCUT2D eigenvalue weighted by Gasteiger charge is -2.22. The van der Waals surface area contributed by atoms with Gasteiger partial charge in [0.1, 0.15) is 0 Å². The van der Waals surface area contributed by atoms with Gasteiger partial charge < -0.3 is 9.47 Å². The Bertz CT molecular complexity index is 397. The third-order valence-electron chi connectivity index (χ3n) is 3.02. The molecule has 0 radical (unpaired) electrons. The highest BCUT2D eigenvalue weighted by Gasteiger charge is 2.23. The zero-order chi connectivity index (χ0) is 12.3. The Balaban J connectivity index is 2.15. The Morgan fingerprint density at radius 1 is 1.59 bits per heavy atom. The number of carbonyl (C=O) groups excluding carboxylic acids is 1. The number of carbonyl (C=O) groups is 1. The number of hydrogen-bond donors (Lipinski definition) is 0. The minimum Gasteiger partial charge on any atom is -0.469 e. The highest BCUT2D eigenvalue weighted by molar-refractivity contribution is 7.12. The molecule has 0 N–H and O–H groups in total. The number of hydrogen-bond acceptors (Lipinski definition) is 4. The Hall–Kier alpha value is -0.870. The van der Waals surface area contributed by atoms with Gasteiger partial charge in [-0.3, -0.25) is 4.79 Å². The normalized spacial score (nSPS) is 18.8. The van der Waals surface area contributed by atoms with Gasteiger partial charge in [-0.2, -0.15) is 0 Å². The van der Waals surface area contributed by atoms with Gasteiger partial charge in [0.2, 0.25) is 0 Å². The summed E-state index contributed by atoms with van der Waals surface area (Å²) in [5, 5.41) is 0. The molecule has 0 amide bonds. The molecule has 3 nitrogen and oxygen atoms in total. The van der Waals surface area contributed by atoms with Gasteiger partial charge >= 0.3 is 5.97 Å². The first kappa shape index (κ1) is 12.6. The van der Waals surface area contributed by atoms with E-state index in [9.17, 15) is 4.79 Å². The summed E-state index contributed by atoms with van der Waals surface area (Å²) in [7, 11) is 1.43. The van der Waals surface area contributed by atoms with Gasteiger partial charge in [-0.15, -0.1) is 11.3 Å². The number of esters is 1. The van der Waals surface area contributed by atoms with Crippen LogP contribution in [0.25, 0.3) is 0 Å². The van der Waals surface area contributed by atoms with Crippen molar-refractivity contribution in [3.05, 3.63) is 21.4 Å². The van der Waals surface area contributed by atoms with Crippen molar-refractivity contribution < 1.29 is 14.3 Å². The van der Waals surface area contributed by atoms with Crippen molar-refractivity contribution in [2.75, 3.05) is 13.7 Å². The number of thiophene rings is 1. The highest BCUT2D eigenvalue weighted by atomic mass is 32.1. The monoisotopic (exact) mass is 254 g/mol. The lowest BCUT2D eigenvalue weighted by molar-refractivity contribution is -0.139. The molecule has 1 aliphatic carbocycles. The standard InChI is InChI=1S/C13H18O3S/c1-3-16-11-5-4-6-12-10(11)7-9(17-12)8-13(14)15-2/h7,11H,3-6,8H2,1-2H3. The van der Waals surface area contributed by atoms with E-state index < -0.39 is 0 Å². The van der Waals surface area contributed by atoms with E-state index in [1.165, 1.54) is 24.0 Å². The van der Waals surface area contributed by atoms with Crippen molar-refractivity contribution in [2.24, 2.45) is 0 Å². The lowest BCUT2D eigenvalue weighted by Crippen LogP contribution is -2.10. The molecule has 2 rings (SSSR count). The van der Waals surface area contributed by atoms with Crippen LogP contribution in [0.1, 0.15) is 41.2 Å². The molecule has 0 saturated heterocycles. The number of methoxy groups -OCH3 is 1. The van der Waals surface area contributed by atoms with Crippen molar-refractivity contribution in [3.8, 4) is 0 Å². The van der Waals surface area contributed by atoms with Crippen LogP contribution in [-0.4, -0.2) is 19.7 Å². The quantitative estimate of drug-likeness (QED) is 0.775. The van der Waals surface area contributed by atoms with Crippen LogP contribution in [0.5, 0.6) is 0 Å². The summed E-state index contributed by atoms with van der Waals surface area (Å²) in [5.41, 5.74) is 1.29. The molecule has 4 heteroatoms. The maximum Gasteiger partial charge on any atom is 0.310 e. The summed E-state index contributed by atoms with van der Waals surface area (Å²) in [4.78, 5) is 13.7. The average molecular weight is 254 g/mol. The fourth-order valence-corrected chi connectivity index (χ4v) is 3.49. The molecule has 1 aliphatic rings. The van der Waals surface area contributed by atoms with Gasteiger partial charge in [0.05, 0.1) is 19.6 Å². The van der Waals surface area contributed by atoms with Crippen LogP contribution < -0.4 is 0 Å². The van der Waals surface area contributed by atoms with Crippen LogP contribution in [0, 0.1) is 0 Å². The van der Waals surface area contributed by atoms with Crippen molar-refractivity contribution in [1.82, 2.24) is 0 Å². The number of aryl methyl sites for hydroxylation is 1. The van der Waals surface area contributed by atoms with Gasteiger partial charge in [-0.1, -0.05) is 0 Å². The molecule has 1 aromatic rings. The second-order valence-electron chi connectivity index (χ2n) is 4.18. The highest BCUT2D eigenvalue weighted by Crippen LogP contribution is 2.37. The van der Waals surface area contributed by atoms with Crippen LogP contribution >= 0.6 is 11.3 Å². The molecule has 1 atom stereocenters. The molecule has 0 saturated carbocycles. The van der Waals surface area contributed by atoms with Gasteiger partial charge in [0.15, 0.2) is 0 Å². The first-order chi connectivity index (χ1) is 8.24. The zero-order valence-corrected chi connectivity index (χ0v) is 11.1. The summed E-state index contributed by atoms with van der Waals surface area (Å²) in [6.45, 7) is 2.77. The van der Waals surface area contributed by atoms with Crippen molar-refractivity contribution in [3.63, 3.8) is 0 Å². The molecule has 0 fully saturated rings. The van der Waals surface area contributed by atoms with Gasteiger partial charge in [0, 0.05) is 16.4 Å². The van der Waals surface area contributed by atoms with Crippen LogP contribution in [0.4, 0.5) is 0 Å². The number of ether oxygens (including phenoxy) is 2. The lowest BCUT2D eigenvalue weighted by atomic mass is 9.96. The van der Waals surface area contributed by atoms with E-state index in [1.807, 2.05) is 6.92 Å². The molecule has 94 valence electrons. The van der Waals surface area contributed by atoms with Crippen LogP contribution in [-0.2, 0) is 27.1 Å². The topological polar surface area (TPSA) is 35.5 Å². The van der Waals surface area contributed by atoms with E-state index in [4.69, 9.17) is 9.47 Å². The third kappa shape index (κ3) is 2.87. The molecular weight excluding hydrogens is 236 g/mol. The zero-order valence-electron chi connectivity index (χ0n) is 10.3. The smallest absolute Gasteiger partial charge is 0.310 e. The largest absolute Gasteiger partial charge is 0.469 e. The molecule has 1 heterocycles. The first-order valence-electron chi connectivity index (χ1n) is 6.04. The second kappa shape index (κ2) is 5.65. The van der Waals surface area contributed by atoms with Gasteiger partial charge in [-0.05, 0) is 37.8 Å². The second-order valence-corrected chi connectivity index (χ2v) is 5.40. The van der Waals surface area contributed by atoms with Gasteiger partial charge in [0.25, 0.3) is 0 Å². The predicted octanol–water partition coefficient (Wildman–Crippen LogP) is 2.88. The molecule has 1 unspecified atom stereocenters. The van der Waals surface area contributed by atoms with E-state index in [0.717, 1.165) is 24.3 Å². The van der Waals surface area contributed by atoms with E-state index in [-0.39, 0.29) is 12.1 Å². The molecule has 0 bridgehead atoms. The van der Waals surface area contributed by atoms with E-state index >= 15 is 0 Å². The van der Waals surface area contributed by atoms with Crippen LogP contribution in [0.15, 0.2) is 6.07 Å². The maximum absolute atomic E-state index is 11.3. The Labute approximate surface area is 106 Å². The van der Waals surface area contributed by atoms with E-state index in [0.29, 0.717) is 6.42 Å². The summed E-state index contributed by atoms with van der Waals surface area (Å²) in [6.07, 6.45) is 3.99. The number of fused-ring (bicyclic) bond motifs is 1. The predicted molar refractivity (Wildman–Crippen MR) is 67.3 cm³/mol. The molecule has 1 aromatic heterocycles. The van der Waals surface area contributed by atoms with Crippen LogP contribution in [0.2, 0.25) is 0 Å². The minimum atomic E-state index is -0.170.